The van der Waals surface area contributed by atoms with E-state index in [1.165, 1.54) is 72.8 Å². The number of hydrogen-bond donors (Lipinski definition) is 9. The van der Waals surface area contributed by atoms with Crippen LogP contribution in [0.4, 0.5) is 34.6 Å². The molecule has 0 aliphatic carbocycles. The number of hydrogen-bond acceptors (Lipinski definition) is 29. The molecule has 0 spiro atoms. The predicted molar refractivity (Wildman–Crippen MR) is 493 cm³/mol. The Labute approximate surface area is 775 Å². The molecule has 3 aliphatic rings. The third-order valence-electron chi connectivity index (χ3n) is 22.2. The summed E-state index contributed by atoms with van der Waals surface area (Å²) < 4.78 is 239. The average molecular weight is 1980 g/mol. The first kappa shape index (κ1) is 104. The van der Waals surface area contributed by atoms with Gasteiger partial charge in [0.15, 0.2) is 67.3 Å². The predicted octanol–water partition coefficient (Wildman–Crippen LogP) is 12.1. The van der Waals surface area contributed by atoms with Gasteiger partial charge in [0.05, 0.1) is 44.8 Å². The zero-order valence-corrected chi connectivity index (χ0v) is 80.1. The molecule has 3 aromatic heterocycles. The lowest BCUT2D eigenvalue weighted by atomic mass is 9.74. The summed E-state index contributed by atoms with van der Waals surface area (Å²) in [6.45, 7) is 40.4. The molecule has 42 heteroatoms. The first-order chi connectivity index (χ1) is 61.7. The summed E-state index contributed by atoms with van der Waals surface area (Å²) in [4.78, 5) is 54.0. The van der Waals surface area contributed by atoms with Gasteiger partial charge in [0, 0.05) is 83.6 Å². The Balaban J connectivity index is 0.000000179. The molecule has 12 aromatic rings. The van der Waals surface area contributed by atoms with Gasteiger partial charge in [0.25, 0.3) is 40.5 Å². The number of rotatable bonds is 9. The molecule has 3 aliphatic heterocycles. The lowest BCUT2D eigenvalue weighted by Crippen LogP contribution is -2.35. The summed E-state index contributed by atoms with van der Waals surface area (Å²) in [5.41, 5.74) is 18.6. The molecule has 0 saturated carbocycles. The van der Waals surface area contributed by atoms with E-state index in [9.17, 15) is 104 Å². The van der Waals surface area contributed by atoms with Gasteiger partial charge in [-0.05, 0) is 165 Å². The maximum absolute atomic E-state index is 13.9. The van der Waals surface area contributed by atoms with E-state index >= 15 is 0 Å². The van der Waals surface area contributed by atoms with Gasteiger partial charge in [-0.15, -0.1) is 24.0 Å². The molecule has 12 N–H and O–H groups in total. The van der Waals surface area contributed by atoms with E-state index in [2.05, 4.69) is 45.8 Å². The normalized spacial score (nSPS) is 14.3. The molecule has 1 atom stereocenters. The van der Waals surface area contributed by atoms with Crippen molar-refractivity contribution in [1.82, 2.24) is 4.98 Å². The minimum Gasteiger partial charge on any atom is -0.545 e. The van der Waals surface area contributed by atoms with Gasteiger partial charge in [-0.3, -0.25) is 23.2 Å². The van der Waals surface area contributed by atoms with Crippen molar-refractivity contribution in [3.05, 3.63) is 253 Å². The Hall–Kier alpha value is -13.0. The van der Waals surface area contributed by atoms with Gasteiger partial charge in [0.2, 0.25) is 5.82 Å². The number of anilines is 3. The van der Waals surface area contributed by atoms with E-state index in [1.807, 2.05) is 81.4 Å². The van der Waals surface area contributed by atoms with Crippen LogP contribution in [-0.4, -0.2) is 103 Å². The second-order valence-corrected chi connectivity index (χ2v) is 43.6. The summed E-state index contributed by atoms with van der Waals surface area (Å²) in [7, 11) is -23.1. The molecule has 0 radical (unpaired) electrons. The minimum atomic E-state index is -5.02. The SMILES string of the molecule is C=c1ccc2c(c1S(=O)(=O)O)Oc1c(ccc(N)c1S(=O)(=O)O)C=2c1cc(C(C)(C)C)ccc1C(=O)[O-].C=c1ccc2c(c1S(=O)(=O)O)Oc1c(ccc(N)c1S(=O)(=O)O)C=2c1ccc(C(C)(C)C)cc1C(=O)[O-].CC(C)(C)C1(C)CCC(c2nc3cc(F)c(O)c(F)c3s2)=N1.CC(C)(C)c1cc2cc(F)c(O)c(F)c2oc1=O.Cc1c(C(C)(C)C)c(=O)oc2cc(N)ccc12.O=S(=O)=O. The number of aryl methyl sites for hydroxylation is 1. The van der Waals surface area contributed by atoms with Crippen molar-refractivity contribution in [3.8, 4) is 34.5 Å². The van der Waals surface area contributed by atoms with Gasteiger partial charge in [0.1, 0.15) is 20.4 Å². The molecule has 6 heterocycles. The number of carbonyl (C=O) groups is 2. The quantitative estimate of drug-likeness (QED) is 0.0280. The third-order valence-corrected chi connectivity index (χ3v) is 27.1. The molecule has 15 rings (SSSR count). The highest BCUT2D eigenvalue weighted by atomic mass is 32.2. The number of thiazole rings is 1. The molecular weight excluding hydrogens is 1890 g/mol. The number of nitrogen functional groups attached to an aromatic ring is 3. The number of carbonyl (C=O) groups excluding carboxylic acids is 2. The van der Waals surface area contributed by atoms with E-state index < -0.39 is 179 Å². The van der Waals surface area contributed by atoms with Crippen LogP contribution >= 0.6 is 11.3 Å². The topological polar surface area (TPSA) is 572 Å². The second kappa shape index (κ2) is 37.0. The lowest BCUT2D eigenvalue weighted by molar-refractivity contribution is -0.256. The molecular formula is C93H91F4N5O27S6-2. The van der Waals surface area contributed by atoms with Gasteiger partial charge in [-0.1, -0.05) is 153 Å². The van der Waals surface area contributed by atoms with Crippen molar-refractivity contribution in [2.24, 2.45) is 10.4 Å². The summed E-state index contributed by atoms with van der Waals surface area (Å²) >= 11 is 1.11. The number of aromatic hydroxyl groups is 2. The standard InChI is InChI=1S/2C25H23NO9S2.C16H18F2N2OS.C14H17NO2.C13H12F2O3.O3S/c1-12-5-7-15-19(17-11-13(25(2,3)4)6-8-14(17)24(27)28)16-9-10-18(26)23(37(32,33)34)21(16)35-20(15)22(12)36(29,30)31;1-12-5-7-15-19(14-8-6-13(25(2,3)4)11-17(14)24(27)28)16-9-10-18(26)23(37(32,33)34)21(16)35-20(15)22(12)36(29,30)31;1-15(2,3)16(4)6-5-9(20-16)14-19-10-7-8(17)12(21)11(18)13(10)22-14;1-8-10-6-5-9(15)7-11(10)17-13(16)12(8)14(2,3)4;1-13(2,3)7-4-6-5-8(14)10(16)9(15)11(6)18-12(7)17;1-4(2)3/h2*5-11H,1,26H2,2-4H3,(H,27,28)(H,29,30,31)(H,32,33,34);7,21H,5-6H2,1-4H3;5-7H,15H2,1-4H3;4-5,16H,1-3H3;/p-2. The number of fused-ring (bicyclic) bond motifs is 7. The molecule has 0 saturated heterocycles. The number of aromatic nitrogens is 1. The highest BCUT2D eigenvalue weighted by molar-refractivity contribution is 7.86. The van der Waals surface area contributed by atoms with E-state index in [1.54, 1.807) is 45.0 Å². The Kier molecular flexibility index (Phi) is 28.5. The number of ether oxygens (including phenoxy) is 2. The molecule has 0 bridgehead atoms. The molecule has 1 unspecified atom stereocenters. The number of phenols is 2. The van der Waals surface area contributed by atoms with Crippen LogP contribution in [0.1, 0.15) is 199 Å². The first-order valence-electron chi connectivity index (χ1n) is 40.1. The fraction of sp³-hybridized carbons (Fsp3) is 0.269. The number of aromatic carboxylic acids is 2. The zero-order valence-electron chi connectivity index (χ0n) is 75.2. The van der Waals surface area contributed by atoms with Crippen molar-refractivity contribution in [2.75, 3.05) is 17.2 Å². The summed E-state index contributed by atoms with van der Waals surface area (Å²) in [5, 5.41) is 44.2. The Morgan fingerprint density at radius 1 is 0.526 bits per heavy atom. The Morgan fingerprint density at radius 2 is 0.978 bits per heavy atom. The fourth-order valence-corrected chi connectivity index (χ4v) is 19.1. The summed E-state index contributed by atoms with van der Waals surface area (Å²) in [5.74, 6) is -11.6. The van der Waals surface area contributed by atoms with Gasteiger partial charge < -0.3 is 65.5 Å². The summed E-state index contributed by atoms with van der Waals surface area (Å²) in [6.07, 6.45) is 1.67. The van der Waals surface area contributed by atoms with Gasteiger partial charge >= 0.3 is 21.9 Å². The second-order valence-electron chi connectivity index (χ2n) is 36.7. The number of benzene rings is 9. The number of nitrogens with zero attached hydrogens (tertiary/aromatic N) is 2. The molecule has 716 valence electrons. The van der Waals surface area contributed by atoms with Crippen LogP contribution in [0.25, 0.3) is 56.5 Å². The van der Waals surface area contributed by atoms with Crippen LogP contribution < -0.4 is 69.0 Å². The number of nitrogens with two attached hydrogens (primary N) is 3. The fourth-order valence-electron chi connectivity index (χ4n) is 15.0. The number of carboxylic acid groups (broad SMARTS) is 2. The van der Waals surface area contributed by atoms with E-state index in [4.69, 9.17) is 58.2 Å². The number of aliphatic imine (C=N–C) groups is 1. The molecule has 135 heavy (non-hydrogen) atoms. The maximum Gasteiger partial charge on any atom is 0.425 e. The van der Waals surface area contributed by atoms with Crippen molar-refractivity contribution in [3.63, 3.8) is 0 Å². The van der Waals surface area contributed by atoms with E-state index in [0.29, 0.717) is 33.0 Å². The molecule has 0 amide bonds. The Morgan fingerprint density at radius 3 is 1.42 bits per heavy atom. The van der Waals surface area contributed by atoms with Gasteiger partial charge in [-0.2, -0.15) is 38.1 Å². The highest BCUT2D eigenvalue weighted by Crippen LogP contribution is 2.49. The molecule has 32 nitrogen and oxygen atoms in total. The van der Waals surface area contributed by atoms with Crippen molar-refractivity contribution in [1.29, 1.82) is 0 Å². The number of carboxylic acids is 2. The number of phenolic OH excluding ortho intramolecular Hbond substituents is 2. The number of halogens is 4. The van der Waals surface area contributed by atoms with Crippen molar-refractivity contribution in [2.45, 2.75) is 177 Å². The first-order valence-corrected chi connectivity index (χ1v) is 47.7. The largest absolute Gasteiger partial charge is 0.545 e. The van der Waals surface area contributed by atoms with Crippen LogP contribution in [0.5, 0.6) is 34.5 Å². The zero-order chi connectivity index (χ0) is 102. The smallest absolute Gasteiger partial charge is 0.425 e. The van der Waals surface area contributed by atoms with E-state index in [-0.39, 0.29) is 103 Å². The Bertz CT molecular complexity index is 8090. The lowest BCUT2D eigenvalue weighted by Gasteiger charge is -2.35. The molecule has 0 fully saturated rings. The van der Waals surface area contributed by atoms with Crippen LogP contribution in [0, 0.1) is 35.6 Å². The maximum atomic E-state index is 13.9. The van der Waals surface area contributed by atoms with Crippen LogP contribution in [0.3, 0.4) is 0 Å². The van der Waals surface area contributed by atoms with Gasteiger partial charge in [-0.25, -0.2) is 27.7 Å². The third kappa shape index (κ3) is 21.5. The van der Waals surface area contributed by atoms with Crippen LogP contribution in [-0.2, 0) is 72.7 Å². The van der Waals surface area contributed by atoms with Crippen LogP contribution in [0.15, 0.2) is 164 Å². The highest BCUT2D eigenvalue weighted by Gasteiger charge is 2.43. The van der Waals surface area contributed by atoms with E-state index in [0.717, 1.165) is 58.5 Å². The van der Waals surface area contributed by atoms with Crippen molar-refractivity contribution >= 4 is 154 Å². The monoisotopic (exact) mass is 1980 g/mol. The van der Waals surface area contributed by atoms with Crippen molar-refractivity contribution < 1.29 is 130 Å². The summed E-state index contributed by atoms with van der Waals surface area (Å²) in [6, 6.07) is 28.3. The molecule has 9 aromatic carbocycles. The van der Waals surface area contributed by atoms with Crippen LogP contribution in [0.2, 0.25) is 0 Å². The average Bonchev–Trinajstić information content (AvgIpc) is 1.41. The minimum absolute atomic E-state index is 0.000911.